The van der Waals surface area contributed by atoms with Gasteiger partial charge in [-0.2, -0.15) is 0 Å². The molecule has 1 aromatic rings. The van der Waals surface area contributed by atoms with E-state index in [4.69, 9.17) is 0 Å². The summed E-state index contributed by atoms with van der Waals surface area (Å²) in [7, 11) is 0. The van der Waals surface area contributed by atoms with Crippen molar-refractivity contribution in [1.29, 1.82) is 0 Å². The minimum atomic E-state index is 0.604. The van der Waals surface area contributed by atoms with Gasteiger partial charge in [0, 0.05) is 23.3 Å². The van der Waals surface area contributed by atoms with Crippen molar-refractivity contribution >= 4 is 21.6 Å². The van der Waals surface area contributed by atoms with E-state index in [0.717, 1.165) is 22.9 Å². The largest absolute Gasteiger partial charge is 0.367 e. The molecule has 0 N–H and O–H groups in total. The van der Waals surface area contributed by atoms with E-state index in [9.17, 15) is 0 Å². The van der Waals surface area contributed by atoms with Gasteiger partial charge in [-0.15, -0.1) is 0 Å². The molecule has 2 rings (SSSR count). The van der Waals surface area contributed by atoms with Gasteiger partial charge >= 0.3 is 0 Å². The molecule has 3 heteroatoms. The number of anilines is 1. The highest BCUT2D eigenvalue weighted by atomic mass is 79.9. The van der Waals surface area contributed by atoms with Gasteiger partial charge in [0.2, 0.25) is 0 Å². The van der Waals surface area contributed by atoms with Crippen LogP contribution in [0.1, 0.15) is 27.2 Å². The first-order valence-corrected chi connectivity index (χ1v) is 6.74. The maximum absolute atomic E-state index is 4.26. The summed E-state index contributed by atoms with van der Waals surface area (Å²) in [5.41, 5.74) is 1.24. The second kappa shape index (κ2) is 4.74. The van der Waals surface area contributed by atoms with E-state index in [1.165, 1.54) is 12.1 Å². The molecule has 0 radical (unpaired) electrons. The van der Waals surface area contributed by atoms with Crippen LogP contribution >= 0.6 is 15.9 Å². The van der Waals surface area contributed by atoms with Gasteiger partial charge in [0.25, 0.3) is 0 Å². The Morgan fingerprint density at radius 3 is 2.75 bits per heavy atom. The molecule has 0 amide bonds. The lowest BCUT2D eigenvalue weighted by Crippen LogP contribution is -2.45. The zero-order valence-corrected chi connectivity index (χ0v) is 11.7. The normalized spacial score (nSPS) is 30.5. The van der Waals surface area contributed by atoms with Crippen molar-refractivity contribution in [1.82, 2.24) is 4.98 Å². The van der Waals surface area contributed by atoms with E-state index in [1.54, 1.807) is 0 Å². The summed E-state index contributed by atoms with van der Waals surface area (Å²) in [5.74, 6) is 1.52. The molecule has 0 aliphatic carbocycles. The topological polar surface area (TPSA) is 16.1 Å². The maximum Gasteiger partial charge on any atom is 0.0566 e. The molecule has 1 aliphatic heterocycles. The molecule has 0 aromatic carbocycles. The minimum Gasteiger partial charge on any atom is -0.367 e. The molecule has 88 valence electrons. The Balaban J connectivity index is 2.25. The smallest absolute Gasteiger partial charge is 0.0566 e. The van der Waals surface area contributed by atoms with Crippen LogP contribution in [0.5, 0.6) is 0 Å². The van der Waals surface area contributed by atoms with Gasteiger partial charge in [0.1, 0.15) is 0 Å². The Morgan fingerprint density at radius 1 is 1.31 bits per heavy atom. The first-order valence-electron chi connectivity index (χ1n) is 5.95. The molecule has 1 aliphatic rings. The fourth-order valence-corrected chi connectivity index (χ4v) is 2.97. The Bertz CT molecular complexity index is 367. The summed E-state index contributed by atoms with van der Waals surface area (Å²) < 4.78 is 1.06. The Kier molecular flexibility index (Phi) is 3.53. The zero-order valence-electron chi connectivity index (χ0n) is 10.2. The van der Waals surface area contributed by atoms with Crippen molar-refractivity contribution in [2.45, 2.75) is 33.2 Å². The average Bonchev–Trinajstić information content (AvgIpc) is 2.23. The predicted molar refractivity (Wildman–Crippen MR) is 71.7 cm³/mol. The zero-order chi connectivity index (χ0) is 11.7. The minimum absolute atomic E-state index is 0.604. The highest BCUT2D eigenvalue weighted by Crippen LogP contribution is 2.31. The maximum atomic E-state index is 4.26. The molecule has 2 nitrogen and oxygen atoms in total. The van der Waals surface area contributed by atoms with Gasteiger partial charge in [0.05, 0.1) is 11.9 Å². The molecule has 1 saturated heterocycles. The lowest BCUT2D eigenvalue weighted by molar-refractivity contribution is 0.297. The number of pyridine rings is 1. The number of nitrogens with zero attached hydrogens (tertiary/aromatic N) is 2. The number of piperidine rings is 1. The fourth-order valence-electron chi connectivity index (χ4n) is 2.61. The Labute approximate surface area is 106 Å². The van der Waals surface area contributed by atoms with Gasteiger partial charge < -0.3 is 4.90 Å². The van der Waals surface area contributed by atoms with E-state index in [-0.39, 0.29) is 0 Å². The molecular formula is C13H19BrN2. The predicted octanol–water partition coefficient (Wildman–Crippen LogP) is 3.71. The summed E-state index contributed by atoms with van der Waals surface area (Å²) in [6, 6.07) is 2.76. The molecule has 16 heavy (non-hydrogen) atoms. The van der Waals surface area contributed by atoms with Crippen LogP contribution in [0.15, 0.2) is 22.9 Å². The van der Waals surface area contributed by atoms with E-state index in [2.05, 4.69) is 52.7 Å². The van der Waals surface area contributed by atoms with Crippen molar-refractivity contribution in [2.24, 2.45) is 11.8 Å². The first-order chi connectivity index (χ1) is 7.58. The van der Waals surface area contributed by atoms with Crippen LogP contribution < -0.4 is 4.90 Å². The third kappa shape index (κ3) is 2.40. The van der Waals surface area contributed by atoms with Crippen LogP contribution in [0.3, 0.4) is 0 Å². The van der Waals surface area contributed by atoms with Crippen LogP contribution in [0, 0.1) is 11.8 Å². The molecule has 2 heterocycles. The lowest BCUT2D eigenvalue weighted by Gasteiger charge is -2.42. The van der Waals surface area contributed by atoms with E-state index < -0.39 is 0 Å². The number of hydrogen-bond donors (Lipinski definition) is 0. The van der Waals surface area contributed by atoms with E-state index in [1.807, 2.05) is 12.4 Å². The standard InChI is InChI=1S/C13H19BrN2/c1-9-4-10(2)11(3)16(8-9)13-5-12(14)6-15-7-13/h5-7,9-11H,4,8H2,1-3H3. The second-order valence-corrected chi connectivity index (χ2v) is 5.99. The summed E-state index contributed by atoms with van der Waals surface area (Å²) in [6.07, 6.45) is 5.14. The first kappa shape index (κ1) is 11.9. The number of halogens is 1. The van der Waals surface area contributed by atoms with Crippen molar-refractivity contribution in [3.63, 3.8) is 0 Å². The highest BCUT2D eigenvalue weighted by molar-refractivity contribution is 9.10. The number of rotatable bonds is 1. The monoisotopic (exact) mass is 282 g/mol. The van der Waals surface area contributed by atoms with Gasteiger partial charge in [-0.1, -0.05) is 13.8 Å². The molecular weight excluding hydrogens is 264 g/mol. The molecule has 0 saturated carbocycles. The van der Waals surface area contributed by atoms with Gasteiger partial charge in [-0.05, 0) is 47.2 Å². The SMILES string of the molecule is CC1CC(C)C(C)N(c2cncc(Br)c2)C1. The van der Waals surface area contributed by atoms with Crippen LogP contribution in [-0.2, 0) is 0 Å². The van der Waals surface area contributed by atoms with Crippen LogP contribution in [0.25, 0.3) is 0 Å². The van der Waals surface area contributed by atoms with Crippen LogP contribution in [-0.4, -0.2) is 17.6 Å². The molecule has 3 atom stereocenters. The Hall–Kier alpha value is -0.570. The van der Waals surface area contributed by atoms with Crippen LogP contribution in [0.4, 0.5) is 5.69 Å². The quantitative estimate of drug-likeness (QED) is 0.781. The van der Waals surface area contributed by atoms with Gasteiger partial charge in [-0.25, -0.2) is 0 Å². The number of aromatic nitrogens is 1. The fraction of sp³-hybridized carbons (Fsp3) is 0.615. The molecule has 3 unspecified atom stereocenters. The number of hydrogen-bond acceptors (Lipinski definition) is 2. The van der Waals surface area contributed by atoms with Crippen molar-refractivity contribution in [3.05, 3.63) is 22.9 Å². The Morgan fingerprint density at radius 2 is 2.06 bits per heavy atom. The molecule has 1 fully saturated rings. The molecule has 0 bridgehead atoms. The third-order valence-electron chi connectivity index (χ3n) is 3.62. The van der Waals surface area contributed by atoms with E-state index >= 15 is 0 Å². The third-order valence-corrected chi connectivity index (χ3v) is 4.05. The highest BCUT2D eigenvalue weighted by Gasteiger charge is 2.28. The van der Waals surface area contributed by atoms with Crippen molar-refractivity contribution in [2.75, 3.05) is 11.4 Å². The summed E-state index contributed by atoms with van der Waals surface area (Å²) in [6.45, 7) is 8.14. The molecule has 0 spiro atoms. The summed E-state index contributed by atoms with van der Waals surface area (Å²) in [5, 5.41) is 0. The molecule has 1 aromatic heterocycles. The van der Waals surface area contributed by atoms with Gasteiger partial charge in [0.15, 0.2) is 0 Å². The van der Waals surface area contributed by atoms with Crippen molar-refractivity contribution < 1.29 is 0 Å². The summed E-state index contributed by atoms with van der Waals surface area (Å²) in [4.78, 5) is 6.74. The second-order valence-electron chi connectivity index (χ2n) is 5.07. The van der Waals surface area contributed by atoms with Gasteiger partial charge in [-0.3, -0.25) is 4.98 Å². The van der Waals surface area contributed by atoms with Crippen LogP contribution in [0.2, 0.25) is 0 Å². The van der Waals surface area contributed by atoms with Crippen molar-refractivity contribution in [3.8, 4) is 0 Å². The lowest BCUT2D eigenvalue weighted by atomic mass is 9.86. The van der Waals surface area contributed by atoms with E-state index in [0.29, 0.717) is 6.04 Å². The summed E-state index contributed by atoms with van der Waals surface area (Å²) >= 11 is 3.49. The average molecular weight is 283 g/mol.